The average molecular weight is 305 g/mol. The molecule has 0 saturated carbocycles. The van der Waals surface area contributed by atoms with Gasteiger partial charge < -0.3 is 9.84 Å². The SMILES string of the molecule is OC(CN1CCOC(Cn2cccn2)C1)c1cccc(F)c1. The molecule has 1 aromatic heterocycles. The number of ether oxygens (including phenoxy) is 1. The third-order valence-corrected chi connectivity index (χ3v) is 3.84. The number of benzene rings is 1. The Morgan fingerprint density at radius 1 is 1.41 bits per heavy atom. The van der Waals surface area contributed by atoms with Crippen molar-refractivity contribution in [2.24, 2.45) is 0 Å². The molecule has 2 aromatic rings. The number of aliphatic hydroxyl groups is 1. The average Bonchev–Trinajstić information content (AvgIpc) is 3.00. The molecule has 1 fully saturated rings. The van der Waals surface area contributed by atoms with Gasteiger partial charge in [0.15, 0.2) is 0 Å². The topological polar surface area (TPSA) is 50.5 Å². The van der Waals surface area contributed by atoms with E-state index in [2.05, 4.69) is 10.00 Å². The predicted molar refractivity (Wildman–Crippen MR) is 79.8 cm³/mol. The summed E-state index contributed by atoms with van der Waals surface area (Å²) in [4.78, 5) is 2.15. The number of rotatable bonds is 5. The van der Waals surface area contributed by atoms with Crippen molar-refractivity contribution in [2.45, 2.75) is 18.8 Å². The van der Waals surface area contributed by atoms with Crippen LogP contribution >= 0.6 is 0 Å². The van der Waals surface area contributed by atoms with Gasteiger partial charge >= 0.3 is 0 Å². The number of hydrogen-bond donors (Lipinski definition) is 1. The third kappa shape index (κ3) is 3.91. The van der Waals surface area contributed by atoms with Crippen molar-refractivity contribution in [1.82, 2.24) is 14.7 Å². The second-order valence-electron chi connectivity index (χ2n) is 5.55. The molecule has 1 N–H and O–H groups in total. The second kappa shape index (κ2) is 7.00. The first kappa shape index (κ1) is 15.1. The van der Waals surface area contributed by atoms with Crippen LogP contribution in [0.15, 0.2) is 42.7 Å². The zero-order valence-electron chi connectivity index (χ0n) is 12.3. The van der Waals surface area contributed by atoms with E-state index in [-0.39, 0.29) is 11.9 Å². The van der Waals surface area contributed by atoms with Gasteiger partial charge in [-0.3, -0.25) is 9.58 Å². The van der Waals surface area contributed by atoms with E-state index in [0.29, 0.717) is 25.3 Å². The quantitative estimate of drug-likeness (QED) is 0.908. The minimum absolute atomic E-state index is 0.0494. The lowest BCUT2D eigenvalue weighted by atomic mass is 10.1. The van der Waals surface area contributed by atoms with Crippen LogP contribution in [-0.2, 0) is 11.3 Å². The van der Waals surface area contributed by atoms with E-state index >= 15 is 0 Å². The molecule has 0 radical (unpaired) electrons. The van der Waals surface area contributed by atoms with Crippen molar-refractivity contribution in [2.75, 3.05) is 26.2 Å². The lowest BCUT2D eigenvalue weighted by molar-refractivity contribution is -0.0486. The highest BCUT2D eigenvalue weighted by Gasteiger charge is 2.23. The first-order valence-corrected chi connectivity index (χ1v) is 7.45. The Hall–Kier alpha value is -1.76. The highest BCUT2D eigenvalue weighted by Crippen LogP contribution is 2.17. The molecule has 3 rings (SSSR count). The maximum atomic E-state index is 13.2. The monoisotopic (exact) mass is 305 g/mol. The molecule has 22 heavy (non-hydrogen) atoms. The molecule has 6 heteroatoms. The maximum Gasteiger partial charge on any atom is 0.123 e. The minimum Gasteiger partial charge on any atom is -0.387 e. The zero-order valence-corrected chi connectivity index (χ0v) is 12.3. The molecule has 0 bridgehead atoms. The lowest BCUT2D eigenvalue weighted by Crippen LogP contribution is -2.45. The van der Waals surface area contributed by atoms with Crippen LogP contribution in [0.25, 0.3) is 0 Å². The van der Waals surface area contributed by atoms with Crippen LogP contribution in [0, 0.1) is 5.82 Å². The minimum atomic E-state index is -0.695. The number of aliphatic hydroxyl groups excluding tert-OH is 1. The standard InChI is InChI=1S/C16H20FN3O2/c17-14-4-1-3-13(9-14)16(21)12-19-7-8-22-15(10-19)11-20-6-2-5-18-20/h1-6,9,15-16,21H,7-8,10-12H2. The van der Waals surface area contributed by atoms with E-state index in [4.69, 9.17) is 4.74 Å². The van der Waals surface area contributed by atoms with E-state index in [9.17, 15) is 9.50 Å². The fraction of sp³-hybridized carbons (Fsp3) is 0.438. The summed E-state index contributed by atoms with van der Waals surface area (Å²) in [6.45, 7) is 3.29. The molecule has 1 aromatic carbocycles. The Labute approximate surface area is 128 Å². The van der Waals surface area contributed by atoms with Crippen molar-refractivity contribution >= 4 is 0 Å². The Bertz CT molecular complexity index is 591. The smallest absolute Gasteiger partial charge is 0.123 e. The number of morpholine rings is 1. The number of hydrogen-bond acceptors (Lipinski definition) is 4. The Balaban J connectivity index is 1.55. The zero-order chi connectivity index (χ0) is 15.4. The van der Waals surface area contributed by atoms with Crippen molar-refractivity contribution in [3.63, 3.8) is 0 Å². The van der Waals surface area contributed by atoms with E-state index in [1.165, 1.54) is 12.1 Å². The Kier molecular flexibility index (Phi) is 4.82. The molecule has 1 saturated heterocycles. The van der Waals surface area contributed by atoms with Gasteiger partial charge in [-0.05, 0) is 23.8 Å². The van der Waals surface area contributed by atoms with Crippen molar-refractivity contribution in [3.05, 3.63) is 54.1 Å². The van der Waals surface area contributed by atoms with Crippen LogP contribution in [0.2, 0.25) is 0 Å². The Morgan fingerprint density at radius 3 is 3.09 bits per heavy atom. The van der Waals surface area contributed by atoms with Gasteiger partial charge in [-0.2, -0.15) is 5.10 Å². The predicted octanol–water partition coefficient (Wildman–Crippen LogP) is 1.46. The summed E-state index contributed by atoms with van der Waals surface area (Å²) in [5.74, 6) is -0.324. The third-order valence-electron chi connectivity index (χ3n) is 3.84. The summed E-state index contributed by atoms with van der Waals surface area (Å²) in [5, 5.41) is 14.5. The fourth-order valence-corrected chi connectivity index (χ4v) is 2.74. The largest absolute Gasteiger partial charge is 0.387 e. The molecule has 0 aliphatic carbocycles. The summed E-state index contributed by atoms with van der Waals surface area (Å²) in [7, 11) is 0. The van der Waals surface area contributed by atoms with Gasteiger partial charge in [0, 0.05) is 32.0 Å². The summed E-state index contributed by atoms with van der Waals surface area (Å²) in [6.07, 6.45) is 3.01. The molecular formula is C16H20FN3O2. The van der Waals surface area contributed by atoms with Crippen LogP contribution in [-0.4, -0.2) is 52.1 Å². The van der Waals surface area contributed by atoms with Gasteiger partial charge in [0.05, 0.1) is 25.4 Å². The van der Waals surface area contributed by atoms with Gasteiger partial charge in [0.2, 0.25) is 0 Å². The van der Waals surface area contributed by atoms with Crippen molar-refractivity contribution < 1.29 is 14.2 Å². The van der Waals surface area contributed by atoms with Gasteiger partial charge in [0.1, 0.15) is 5.82 Å². The molecule has 1 aliphatic heterocycles. The molecule has 1 aliphatic rings. The highest BCUT2D eigenvalue weighted by atomic mass is 19.1. The van der Waals surface area contributed by atoms with E-state index in [1.54, 1.807) is 18.3 Å². The van der Waals surface area contributed by atoms with E-state index in [1.807, 2.05) is 16.9 Å². The molecule has 2 heterocycles. The van der Waals surface area contributed by atoms with Crippen LogP contribution in [0.3, 0.4) is 0 Å². The van der Waals surface area contributed by atoms with Crippen LogP contribution < -0.4 is 0 Å². The number of β-amino-alcohol motifs (C(OH)–C–C–N with tert-alkyl or cyclic N) is 1. The molecule has 118 valence electrons. The van der Waals surface area contributed by atoms with Crippen LogP contribution in [0.4, 0.5) is 4.39 Å². The number of halogens is 1. The van der Waals surface area contributed by atoms with Gasteiger partial charge in [-0.1, -0.05) is 12.1 Å². The molecular weight excluding hydrogens is 285 g/mol. The first-order valence-electron chi connectivity index (χ1n) is 7.45. The summed E-state index contributed by atoms with van der Waals surface area (Å²) in [6, 6.07) is 8.01. The lowest BCUT2D eigenvalue weighted by Gasteiger charge is -2.34. The molecule has 2 unspecified atom stereocenters. The van der Waals surface area contributed by atoms with Crippen LogP contribution in [0.1, 0.15) is 11.7 Å². The molecule has 0 amide bonds. The highest BCUT2D eigenvalue weighted by molar-refractivity contribution is 5.19. The maximum absolute atomic E-state index is 13.2. The van der Waals surface area contributed by atoms with Crippen molar-refractivity contribution in [1.29, 1.82) is 0 Å². The van der Waals surface area contributed by atoms with Gasteiger partial charge in [0.25, 0.3) is 0 Å². The summed E-state index contributed by atoms with van der Waals surface area (Å²) < 4.78 is 20.8. The molecule has 5 nitrogen and oxygen atoms in total. The second-order valence-corrected chi connectivity index (χ2v) is 5.55. The van der Waals surface area contributed by atoms with E-state index < -0.39 is 6.10 Å². The summed E-state index contributed by atoms with van der Waals surface area (Å²) in [5.41, 5.74) is 0.607. The first-order chi connectivity index (χ1) is 10.7. The molecule has 0 spiro atoms. The fourth-order valence-electron chi connectivity index (χ4n) is 2.74. The van der Waals surface area contributed by atoms with Crippen LogP contribution in [0.5, 0.6) is 0 Å². The van der Waals surface area contributed by atoms with Gasteiger partial charge in [-0.25, -0.2) is 4.39 Å². The van der Waals surface area contributed by atoms with E-state index in [0.717, 1.165) is 13.1 Å². The Morgan fingerprint density at radius 2 is 2.32 bits per heavy atom. The van der Waals surface area contributed by atoms with Gasteiger partial charge in [-0.15, -0.1) is 0 Å². The summed E-state index contributed by atoms with van der Waals surface area (Å²) >= 11 is 0. The number of nitrogens with zero attached hydrogens (tertiary/aromatic N) is 3. The number of aromatic nitrogens is 2. The van der Waals surface area contributed by atoms with Crippen molar-refractivity contribution in [3.8, 4) is 0 Å². The molecule has 2 atom stereocenters. The normalized spacial score (nSPS) is 20.9.